The summed E-state index contributed by atoms with van der Waals surface area (Å²) in [5, 5.41) is 0. The van der Waals surface area contributed by atoms with E-state index < -0.39 is 0 Å². The van der Waals surface area contributed by atoms with E-state index in [-0.39, 0.29) is 12.1 Å². The normalized spacial score (nSPS) is 12.8. The van der Waals surface area contributed by atoms with Crippen LogP contribution in [-0.4, -0.2) is 5.97 Å². The molecular formula is C18H18O2. The van der Waals surface area contributed by atoms with Gasteiger partial charge in [0.15, 0.2) is 0 Å². The lowest BCUT2D eigenvalue weighted by Gasteiger charge is -2.19. The maximum Gasteiger partial charge on any atom is 0.339 e. The van der Waals surface area contributed by atoms with E-state index in [1.165, 1.54) is 0 Å². The Balaban J connectivity index is 2.24. The van der Waals surface area contributed by atoms with E-state index in [9.17, 15) is 4.79 Å². The molecule has 2 nitrogen and oxygen atoms in total. The van der Waals surface area contributed by atoms with Crippen molar-refractivity contribution in [2.24, 2.45) is 0 Å². The number of benzene rings is 2. The van der Waals surface area contributed by atoms with Gasteiger partial charge in [-0.25, -0.2) is 4.79 Å². The smallest absolute Gasteiger partial charge is 0.339 e. The zero-order valence-corrected chi connectivity index (χ0v) is 11.7. The van der Waals surface area contributed by atoms with Crippen LogP contribution in [0.5, 0.6) is 0 Å². The van der Waals surface area contributed by atoms with Crippen LogP contribution in [0.3, 0.4) is 0 Å². The first kappa shape index (κ1) is 14.1. The summed E-state index contributed by atoms with van der Waals surface area (Å²) in [4.78, 5) is 12.2. The van der Waals surface area contributed by atoms with Gasteiger partial charge in [-0.1, -0.05) is 54.6 Å². The van der Waals surface area contributed by atoms with E-state index in [2.05, 4.69) is 0 Å². The Hall–Kier alpha value is -2.35. The zero-order chi connectivity index (χ0) is 14.4. The SMILES string of the molecule is C/C=C(\C)C(OC(=O)c1ccccc1)c1ccccc1. The van der Waals surface area contributed by atoms with Crippen molar-refractivity contribution >= 4 is 5.97 Å². The average Bonchev–Trinajstić information content (AvgIpc) is 2.53. The molecule has 20 heavy (non-hydrogen) atoms. The number of hydrogen-bond acceptors (Lipinski definition) is 2. The monoisotopic (exact) mass is 266 g/mol. The summed E-state index contributed by atoms with van der Waals surface area (Å²) in [6.07, 6.45) is 1.63. The Morgan fingerprint density at radius 1 is 1.00 bits per heavy atom. The van der Waals surface area contributed by atoms with Crippen LogP contribution in [0.2, 0.25) is 0 Å². The first-order valence-electron chi connectivity index (χ1n) is 6.66. The molecule has 0 radical (unpaired) electrons. The van der Waals surface area contributed by atoms with Crippen molar-refractivity contribution in [1.82, 2.24) is 0 Å². The fraction of sp³-hybridized carbons (Fsp3) is 0.167. The average molecular weight is 266 g/mol. The highest BCUT2D eigenvalue weighted by molar-refractivity contribution is 5.89. The molecular weight excluding hydrogens is 248 g/mol. The van der Waals surface area contributed by atoms with Gasteiger partial charge in [0.25, 0.3) is 0 Å². The van der Waals surface area contributed by atoms with Gasteiger partial charge < -0.3 is 4.74 Å². The molecule has 0 saturated carbocycles. The lowest BCUT2D eigenvalue weighted by molar-refractivity contribution is 0.0370. The Morgan fingerprint density at radius 2 is 1.55 bits per heavy atom. The number of rotatable bonds is 4. The molecule has 0 aliphatic heterocycles. The van der Waals surface area contributed by atoms with E-state index in [1.807, 2.05) is 68.5 Å². The highest BCUT2D eigenvalue weighted by Gasteiger charge is 2.18. The molecule has 0 saturated heterocycles. The summed E-state index contributed by atoms with van der Waals surface area (Å²) in [6, 6.07) is 18.8. The molecule has 2 heteroatoms. The van der Waals surface area contributed by atoms with Gasteiger partial charge in [-0.05, 0) is 37.1 Å². The number of carbonyl (C=O) groups excluding carboxylic acids is 1. The molecule has 2 aromatic rings. The summed E-state index contributed by atoms with van der Waals surface area (Å²) < 4.78 is 5.67. The van der Waals surface area contributed by atoms with Gasteiger partial charge in [0, 0.05) is 0 Å². The highest BCUT2D eigenvalue weighted by atomic mass is 16.5. The van der Waals surface area contributed by atoms with Gasteiger partial charge in [-0.15, -0.1) is 0 Å². The molecule has 0 heterocycles. The third-order valence-electron chi connectivity index (χ3n) is 3.21. The van der Waals surface area contributed by atoms with Crippen LogP contribution in [-0.2, 0) is 4.74 Å². The summed E-state index contributed by atoms with van der Waals surface area (Å²) in [5.41, 5.74) is 2.56. The van der Waals surface area contributed by atoms with Crippen LogP contribution in [0.15, 0.2) is 72.3 Å². The number of hydrogen-bond donors (Lipinski definition) is 0. The first-order valence-corrected chi connectivity index (χ1v) is 6.66. The van der Waals surface area contributed by atoms with Crippen LogP contribution in [0.1, 0.15) is 35.9 Å². The first-order chi connectivity index (χ1) is 9.72. The highest BCUT2D eigenvalue weighted by Crippen LogP contribution is 2.26. The molecule has 2 rings (SSSR count). The third-order valence-corrected chi connectivity index (χ3v) is 3.21. The summed E-state index contributed by atoms with van der Waals surface area (Å²) >= 11 is 0. The number of esters is 1. The van der Waals surface area contributed by atoms with Crippen LogP contribution in [0.4, 0.5) is 0 Å². The fourth-order valence-corrected chi connectivity index (χ4v) is 1.95. The molecule has 0 N–H and O–H groups in total. The maximum atomic E-state index is 12.2. The molecule has 0 aliphatic rings. The quantitative estimate of drug-likeness (QED) is 0.599. The topological polar surface area (TPSA) is 26.3 Å². The zero-order valence-electron chi connectivity index (χ0n) is 11.7. The van der Waals surface area contributed by atoms with Crippen LogP contribution < -0.4 is 0 Å². The maximum absolute atomic E-state index is 12.2. The minimum atomic E-state index is -0.339. The van der Waals surface area contributed by atoms with Crippen molar-refractivity contribution in [1.29, 1.82) is 0 Å². The van der Waals surface area contributed by atoms with Crippen LogP contribution in [0.25, 0.3) is 0 Å². The van der Waals surface area contributed by atoms with Gasteiger partial charge in [0.05, 0.1) is 5.56 Å². The molecule has 0 spiro atoms. The lowest BCUT2D eigenvalue weighted by atomic mass is 10.0. The van der Waals surface area contributed by atoms with Crippen molar-refractivity contribution in [3.63, 3.8) is 0 Å². The van der Waals surface area contributed by atoms with Gasteiger partial charge in [0.1, 0.15) is 6.10 Å². The second-order valence-corrected chi connectivity index (χ2v) is 4.59. The van der Waals surface area contributed by atoms with Gasteiger partial charge in [0.2, 0.25) is 0 Å². The molecule has 0 aliphatic carbocycles. The molecule has 2 aromatic carbocycles. The summed E-state index contributed by atoms with van der Waals surface area (Å²) in [6.45, 7) is 3.91. The lowest BCUT2D eigenvalue weighted by Crippen LogP contribution is -2.12. The number of ether oxygens (including phenoxy) is 1. The second kappa shape index (κ2) is 6.71. The van der Waals surface area contributed by atoms with E-state index in [0.717, 1.165) is 11.1 Å². The number of carbonyl (C=O) groups is 1. The largest absolute Gasteiger partial charge is 0.449 e. The minimum Gasteiger partial charge on any atom is -0.449 e. The van der Waals surface area contributed by atoms with E-state index >= 15 is 0 Å². The predicted molar refractivity (Wildman–Crippen MR) is 80.5 cm³/mol. The van der Waals surface area contributed by atoms with Crippen LogP contribution in [0, 0.1) is 0 Å². The van der Waals surface area contributed by atoms with Gasteiger partial charge in [-0.3, -0.25) is 0 Å². The van der Waals surface area contributed by atoms with Gasteiger partial charge >= 0.3 is 5.97 Å². The third kappa shape index (κ3) is 3.35. The molecule has 0 bridgehead atoms. The van der Waals surface area contributed by atoms with Crippen molar-refractivity contribution in [3.8, 4) is 0 Å². The second-order valence-electron chi connectivity index (χ2n) is 4.59. The Bertz CT molecular complexity index is 585. The molecule has 102 valence electrons. The number of allylic oxidation sites excluding steroid dienone is 1. The molecule has 0 fully saturated rings. The van der Waals surface area contributed by atoms with Crippen molar-refractivity contribution in [2.45, 2.75) is 20.0 Å². The molecule has 0 amide bonds. The standard InChI is InChI=1S/C18H18O2/c1-3-14(2)17(15-10-6-4-7-11-15)20-18(19)16-12-8-5-9-13-16/h3-13,17H,1-2H3/b14-3+. The summed E-state index contributed by atoms with van der Waals surface area (Å²) in [5.74, 6) is -0.305. The Morgan fingerprint density at radius 3 is 2.10 bits per heavy atom. The molecule has 1 atom stereocenters. The summed E-state index contributed by atoms with van der Waals surface area (Å²) in [7, 11) is 0. The Labute approximate surface area is 119 Å². The van der Waals surface area contributed by atoms with Crippen molar-refractivity contribution in [2.75, 3.05) is 0 Å². The van der Waals surface area contributed by atoms with E-state index in [4.69, 9.17) is 4.74 Å². The Kier molecular flexibility index (Phi) is 4.72. The molecule has 1 unspecified atom stereocenters. The van der Waals surface area contributed by atoms with Crippen LogP contribution >= 0.6 is 0 Å². The van der Waals surface area contributed by atoms with E-state index in [1.54, 1.807) is 12.1 Å². The van der Waals surface area contributed by atoms with E-state index in [0.29, 0.717) is 5.56 Å². The van der Waals surface area contributed by atoms with Crippen molar-refractivity contribution in [3.05, 3.63) is 83.4 Å². The predicted octanol–water partition coefficient (Wildman–Crippen LogP) is 4.55. The van der Waals surface area contributed by atoms with Gasteiger partial charge in [-0.2, -0.15) is 0 Å². The minimum absolute atomic E-state index is 0.305. The van der Waals surface area contributed by atoms with Crippen molar-refractivity contribution < 1.29 is 9.53 Å². The molecule has 0 aromatic heterocycles. The fourth-order valence-electron chi connectivity index (χ4n) is 1.95.